The lowest BCUT2D eigenvalue weighted by Crippen LogP contribution is -2.41. The van der Waals surface area contributed by atoms with E-state index in [2.05, 4.69) is 83.9 Å². The Labute approximate surface area is 238 Å². The molecule has 1 aliphatic heterocycles. The Kier molecular flexibility index (Phi) is 9.15. The summed E-state index contributed by atoms with van der Waals surface area (Å²) in [6, 6.07) is 17.3. The third kappa shape index (κ3) is 7.08. The van der Waals surface area contributed by atoms with Gasteiger partial charge in [-0.05, 0) is 100.0 Å². The molecule has 0 bridgehead atoms. The molecule has 2 heterocycles. The maximum absolute atomic E-state index is 13.3. The van der Waals surface area contributed by atoms with Crippen LogP contribution in [0.25, 0.3) is 11.1 Å². The van der Waals surface area contributed by atoms with E-state index in [0.29, 0.717) is 18.2 Å². The second-order valence-corrected chi connectivity index (χ2v) is 11.6. The molecule has 7 nitrogen and oxygen atoms in total. The largest absolute Gasteiger partial charge is 0.383 e. The van der Waals surface area contributed by atoms with Crippen LogP contribution in [0.15, 0.2) is 54.7 Å². The Morgan fingerprint density at radius 1 is 0.975 bits per heavy atom. The SMILES string of the molecule is Cc1ccc(CO[C@H]2CCC[C@@H]2NC(=O)c2cc(-c3ccc(CNC4CCN(C)CC4)cc3)cnc2N)cc1C. The van der Waals surface area contributed by atoms with Crippen molar-refractivity contribution in [3.8, 4) is 11.1 Å². The van der Waals surface area contributed by atoms with E-state index in [4.69, 9.17) is 10.5 Å². The van der Waals surface area contributed by atoms with Crippen molar-refractivity contribution in [3.63, 3.8) is 0 Å². The average molecular weight is 542 g/mol. The van der Waals surface area contributed by atoms with E-state index in [9.17, 15) is 4.79 Å². The van der Waals surface area contributed by atoms with Crippen molar-refractivity contribution in [2.45, 2.75) is 77.3 Å². The molecule has 2 aliphatic rings. The first-order chi connectivity index (χ1) is 19.4. The molecule has 1 saturated carbocycles. The smallest absolute Gasteiger partial charge is 0.255 e. The van der Waals surface area contributed by atoms with E-state index in [0.717, 1.165) is 55.6 Å². The van der Waals surface area contributed by atoms with Gasteiger partial charge in [-0.2, -0.15) is 0 Å². The van der Waals surface area contributed by atoms with Gasteiger partial charge in [-0.25, -0.2) is 4.98 Å². The number of nitrogen functional groups attached to an aromatic ring is 1. The minimum Gasteiger partial charge on any atom is -0.383 e. The van der Waals surface area contributed by atoms with Gasteiger partial charge in [0.25, 0.3) is 5.91 Å². The van der Waals surface area contributed by atoms with Crippen LogP contribution >= 0.6 is 0 Å². The quantitative estimate of drug-likeness (QED) is 0.353. The van der Waals surface area contributed by atoms with Crippen molar-refractivity contribution in [3.05, 3.63) is 82.5 Å². The fourth-order valence-electron chi connectivity index (χ4n) is 5.74. The van der Waals surface area contributed by atoms with Crippen molar-refractivity contribution in [2.24, 2.45) is 0 Å². The highest BCUT2D eigenvalue weighted by Crippen LogP contribution is 2.26. The van der Waals surface area contributed by atoms with E-state index in [1.807, 2.05) is 6.07 Å². The number of rotatable bonds is 9. The summed E-state index contributed by atoms with van der Waals surface area (Å²) in [5, 5.41) is 6.88. The molecule has 40 heavy (non-hydrogen) atoms. The molecule has 0 unspecified atom stereocenters. The number of aryl methyl sites for hydroxylation is 2. The number of nitrogens with two attached hydrogens (primary N) is 1. The topological polar surface area (TPSA) is 92.5 Å². The minimum atomic E-state index is -0.197. The molecule has 4 N–H and O–H groups in total. The van der Waals surface area contributed by atoms with E-state index in [1.165, 1.54) is 29.5 Å². The summed E-state index contributed by atoms with van der Waals surface area (Å²) in [5.41, 5.74) is 13.4. The molecule has 0 radical (unpaired) electrons. The van der Waals surface area contributed by atoms with Gasteiger partial charge in [-0.3, -0.25) is 4.79 Å². The molecule has 2 atom stereocenters. The predicted octanol–water partition coefficient (Wildman–Crippen LogP) is 5.00. The van der Waals surface area contributed by atoms with Gasteiger partial charge in [0.05, 0.1) is 24.3 Å². The molecule has 1 aliphatic carbocycles. The number of likely N-dealkylation sites (tertiary alicyclic amines) is 1. The van der Waals surface area contributed by atoms with Gasteiger partial charge >= 0.3 is 0 Å². The summed E-state index contributed by atoms with van der Waals surface area (Å²) in [6.45, 7) is 7.93. The average Bonchev–Trinajstić information content (AvgIpc) is 3.40. The third-order valence-electron chi connectivity index (χ3n) is 8.57. The van der Waals surface area contributed by atoms with Crippen LogP contribution in [0, 0.1) is 13.8 Å². The van der Waals surface area contributed by atoms with Crippen LogP contribution in [0.2, 0.25) is 0 Å². The van der Waals surface area contributed by atoms with Crippen molar-refractivity contribution >= 4 is 11.7 Å². The Balaban J connectivity index is 1.18. The molecule has 2 fully saturated rings. The lowest BCUT2D eigenvalue weighted by molar-refractivity contribution is 0.0272. The summed E-state index contributed by atoms with van der Waals surface area (Å²) in [4.78, 5) is 20.1. The number of aromatic nitrogens is 1. The van der Waals surface area contributed by atoms with E-state index in [1.54, 1.807) is 6.20 Å². The molecule has 1 aromatic heterocycles. The zero-order valence-electron chi connectivity index (χ0n) is 24.1. The zero-order valence-corrected chi connectivity index (χ0v) is 24.1. The first-order valence-corrected chi connectivity index (χ1v) is 14.6. The van der Waals surface area contributed by atoms with Gasteiger partial charge < -0.3 is 26.0 Å². The van der Waals surface area contributed by atoms with Gasteiger partial charge in [0.15, 0.2) is 0 Å². The molecule has 212 valence electrons. The summed E-state index contributed by atoms with van der Waals surface area (Å²) < 4.78 is 6.26. The number of anilines is 1. The molecule has 3 aromatic rings. The standard InChI is InChI=1S/C33H43N5O2/c1-22-7-8-25(17-23(22)2)21-40-31-6-4-5-30(31)37-33(39)29-18-27(20-36-32(29)34)26-11-9-24(10-12-26)19-35-28-13-15-38(3)16-14-28/h7-12,17-18,20,28,30-31,35H,4-6,13-16,19,21H2,1-3H3,(H2,34,36)(H,37,39)/t30-,31-/m0/s1. The number of ether oxygens (including phenoxy) is 1. The van der Waals surface area contributed by atoms with Gasteiger partial charge in [-0.15, -0.1) is 0 Å². The number of pyridine rings is 1. The Morgan fingerprint density at radius 2 is 1.73 bits per heavy atom. The van der Waals surface area contributed by atoms with Crippen LogP contribution < -0.4 is 16.4 Å². The Bertz CT molecular complexity index is 1300. The fraction of sp³-hybridized carbons (Fsp3) is 0.455. The van der Waals surface area contributed by atoms with Crippen LogP contribution in [0.5, 0.6) is 0 Å². The van der Waals surface area contributed by atoms with Crippen LogP contribution in [0.3, 0.4) is 0 Å². The third-order valence-corrected chi connectivity index (χ3v) is 8.57. The summed E-state index contributed by atoms with van der Waals surface area (Å²) in [6.07, 6.45) is 6.95. The van der Waals surface area contributed by atoms with E-state index < -0.39 is 0 Å². The maximum atomic E-state index is 13.3. The van der Waals surface area contributed by atoms with Crippen molar-refractivity contribution in [1.29, 1.82) is 0 Å². The molecule has 2 aromatic carbocycles. The molecule has 0 spiro atoms. The second-order valence-electron chi connectivity index (χ2n) is 11.6. The highest BCUT2D eigenvalue weighted by Gasteiger charge is 2.30. The number of piperidine rings is 1. The first-order valence-electron chi connectivity index (χ1n) is 14.6. The summed E-state index contributed by atoms with van der Waals surface area (Å²) in [7, 11) is 2.18. The first kappa shape index (κ1) is 28.3. The second kappa shape index (κ2) is 12.9. The van der Waals surface area contributed by atoms with Crippen molar-refractivity contribution < 1.29 is 9.53 Å². The molecule has 1 saturated heterocycles. The number of nitrogens with zero attached hydrogens (tertiary/aromatic N) is 2. The van der Waals surface area contributed by atoms with Crippen molar-refractivity contribution in [2.75, 3.05) is 25.9 Å². The van der Waals surface area contributed by atoms with Gasteiger partial charge in [0.1, 0.15) is 5.82 Å². The van der Waals surface area contributed by atoms with E-state index in [-0.39, 0.29) is 23.9 Å². The number of hydrogen-bond acceptors (Lipinski definition) is 6. The van der Waals surface area contributed by atoms with Crippen LogP contribution in [0.4, 0.5) is 5.82 Å². The normalized spacial score (nSPS) is 20.1. The van der Waals surface area contributed by atoms with Gasteiger partial charge in [0.2, 0.25) is 0 Å². The lowest BCUT2D eigenvalue weighted by atomic mass is 10.0. The molecule has 5 rings (SSSR count). The Hall–Kier alpha value is -3.26. The summed E-state index contributed by atoms with van der Waals surface area (Å²) in [5.74, 6) is 0.0447. The molecular weight excluding hydrogens is 498 g/mol. The zero-order chi connectivity index (χ0) is 28.1. The number of carbonyl (C=O) groups excluding carboxylic acids is 1. The minimum absolute atomic E-state index is 0.0152. The predicted molar refractivity (Wildman–Crippen MR) is 161 cm³/mol. The number of nitrogens with one attached hydrogen (secondary N) is 2. The van der Waals surface area contributed by atoms with Gasteiger partial charge in [0, 0.05) is 24.3 Å². The highest BCUT2D eigenvalue weighted by atomic mass is 16.5. The number of amides is 1. The van der Waals surface area contributed by atoms with E-state index >= 15 is 0 Å². The van der Waals surface area contributed by atoms with Crippen LogP contribution in [0.1, 0.15) is 64.7 Å². The molecule has 7 heteroatoms. The molecular formula is C33H43N5O2. The lowest BCUT2D eigenvalue weighted by Gasteiger charge is -2.29. The van der Waals surface area contributed by atoms with Gasteiger partial charge in [-0.1, -0.05) is 42.5 Å². The van der Waals surface area contributed by atoms with Crippen molar-refractivity contribution in [1.82, 2.24) is 20.5 Å². The van der Waals surface area contributed by atoms with Crippen LogP contribution in [-0.4, -0.2) is 54.1 Å². The summed E-state index contributed by atoms with van der Waals surface area (Å²) >= 11 is 0. The maximum Gasteiger partial charge on any atom is 0.255 e. The Morgan fingerprint density at radius 3 is 2.48 bits per heavy atom. The number of benzene rings is 2. The fourth-order valence-corrected chi connectivity index (χ4v) is 5.74. The number of hydrogen-bond donors (Lipinski definition) is 3. The monoisotopic (exact) mass is 541 g/mol. The highest BCUT2D eigenvalue weighted by molar-refractivity contribution is 5.99. The number of carbonyl (C=O) groups is 1. The molecule has 1 amide bonds. The van der Waals surface area contributed by atoms with Crippen LogP contribution in [-0.2, 0) is 17.9 Å².